The minimum absolute atomic E-state index is 0.164. The van der Waals surface area contributed by atoms with Crippen molar-refractivity contribution < 1.29 is 14.4 Å². The Bertz CT molecular complexity index is 661. The third-order valence-electron chi connectivity index (χ3n) is 4.93. The summed E-state index contributed by atoms with van der Waals surface area (Å²) in [4.78, 5) is 40.4. The maximum atomic E-state index is 12.8. The molecule has 1 N–H and O–H groups in total. The zero-order valence-electron chi connectivity index (χ0n) is 14.1. The molecule has 2 saturated heterocycles. The SMILES string of the molecule is C[C@H]1CCCN(C(=O)CN2C(=O)N[C@](C)(c3ccccc3)C2=O)C1. The van der Waals surface area contributed by atoms with Crippen molar-refractivity contribution in [1.29, 1.82) is 0 Å². The number of rotatable bonds is 3. The van der Waals surface area contributed by atoms with Crippen LogP contribution in [0.4, 0.5) is 4.79 Å². The molecule has 0 spiro atoms. The fourth-order valence-electron chi connectivity index (χ4n) is 3.46. The third kappa shape index (κ3) is 2.88. The van der Waals surface area contributed by atoms with Crippen LogP contribution in [0.15, 0.2) is 30.3 Å². The second kappa shape index (κ2) is 6.26. The van der Waals surface area contributed by atoms with Gasteiger partial charge in [0.15, 0.2) is 0 Å². The van der Waals surface area contributed by atoms with Crippen LogP contribution in [0.5, 0.6) is 0 Å². The zero-order valence-corrected chi connectivity index (χ0v) is 14.1. The number of likely N-dealkylation sites (tertiary alicyclic amines) is 1. The monoisotopic (exact) mass is 329 g/mol. The summed E-state index contributed by atoms with van der Waals surface area (Å²) in [5.41, 5.74) is -0.404. The van der Waals surface area contributed by atoms with Gasteiger partial charge in [-0.25, -0.2) is 4.79 Å². The average molecular weight is 329 g/mol. The lowest BCUT2D eigenvalue weighted by Crippen LogP contribution is -2.47. The Morgan fingerprint density at radius 1 is 1.29 bits per heavy atom. The predicted molar refractivity (Wildman–Crippen MR) is 89.0 cm³/mol. The van der Waals surface area contributed by atoms with Gasteiger partial charge in [0.05, 0.1) is 0 Å². The maximum Gasteiger partial charge on any atom is 0.325 e. The molecule has 2 aliphatic heterocycles. The number of hydrogen-bond acceptors (Lipinski definition) is 3. The molecule has 0 unspecified atom stereocenters. The smallest absolute Gasteiger partial charge is 0.325 e. The highest BCUT2D eigenvalue weighted by molar-refractivity contribution is 6.09. The molecule has 0 aliphatic carbocycles. The first-order chi connectivity index (χ1) is 11.4. The molecule has 24 heavy (non-hydrogen) atoms. The number of nitrogens with zero attached hydrogens (tertiary/aromatic N) is 2. The molecule has 2 heterocycles. The van der Waals surface area contributed by atoms with Gasteiger partial charge in [0.2, 0.25) is 5.91 Å². The van der Waals surface area contributed by atoms with Crippen LogP contribution >= 0.6 is 0 Å². The van der Waals surface area contributed by atoms with Gasteiger partial charge in [0.1, 0.15) is 12.1 Å². The van der Waals surface area contributed by atoms with Crippen molar-refractivity contribution in [3.05, 3.63) is 35.9 Å². The largest absolute Gasteiger partial charge is 0.341 e. The zero-order chi connectivity index (χ0) is 17.3. The Hall–Kier alpha value is -2.37. The van der Waals surface area contributed by atoms with E-state index in [-0.39, 0.29) is 18.4 Å². The first-order valence-corrected chi connectivity index (χ1v) is 8.39. The van der Waals surface area contributed by atoms with E-state index in [0.717, 1.165) is 17.7 Å². The van der Waals surface area contributed by atoms with Crippen molar-refractivity contribution in [2.45, 2.75) is 32.2 Å². The second-order valence-corrected chi connectivity index (χ2v) is 6.90. The Labute approximate surface area is 141 Å². The molecule has 1 aromatic carbocycles. The van der Waals surface area contributed by atoms with Crippen LogP contribution in [0.1, 0.15) is 32.3 Å². The van der Waals surface area contributed by atoms with Crippen LogP contribution in [-0.2, 0) is 15.1 Å². The van der Waals surface area contributed by atoms with Crippen LogP contribution in [0, 0.1) is 5.92 Å². The Morgan fingerprint density at radius 3 is 2.67 bits per heavy atom. The van der Waals surface area contributed by atoms with Gasteiger partial charge >= 0.3 is 6.03 Å². The van der Waals surface area contributed by atoms with Crippen LogP contribution in [0.25, 0.3) is 0 Å². The van der Waals surface area contributed by atoms with Crippen molar-refractivity contribution in [2.24, 2.45) is 5.92 Å². The van der Waals surface area contributed by atoms with Crippen LogP contribution in [0.3, 0.4) is 0 Å². The molecule has 2 atom stereocenters. The molecule has 1 aromatic rings. The molecule has 4 amide bonds. The van der Waals surface area contributed by atoms with E-state index in [9.17, 15) is 14.4 Å². The van der Waals surface area contributed by atoms with Crippen molar-refractivity contribution in [3.63, 3.8) is 0 Å². The molecule has 0 aromatic heterocycles. The highest BCUT2D eigenvalue weighted by atomic mass is 16.2. The summed E-state index contributed by atoms with van der Waals surface area (Å²) >= 11 is 0. The van der Waals surface area contributed by atoms with Crippen molar-refractivity contribution in [2.75, 3.05) is 19.6 Å². The first kappa shape index (κ1) is 16.5. The lowest BCUT2D eigenvalue weighted by molar-refractivity contribution is -0.139. The first-order valence-electron chi connectivity index (χ1n) is 8.39. The third-order valence-corrected chi connectivity index (χ3v) is 4.93. The van der Waals surface area contributed by atoms with Gasteiger partial charge in [-0.15, -0.1) is 0 Å². The summed E-state index contributed by atoms with van der Waals surface area (Å²) < 4.78 is 0. The number of carbonyl (C=O) groups excluding carboxylic acids is 3. The lowest BCUT2D eigenvalue weighted by atomic mass is 9.92. The summed E-state index contributed by atoms with van der Waals surface area (Å²) in [6.07, 6.45) is 2.08. The molecule has 0 radical (unpaired) electrons. The molecule has 2 aliphatic rings. The normalized spacial score (nSPS) is 27.3. The molecule has 3 rings (SSSR count). The van der Waals surface area contributed by atoms with Gasteiger partial charge in [-0.3, -0.25) is 14.5 Å². The number of imide groups is 1. The van der Waals surface area contributed by atoms with Gasteiger partial charge in [-0.05, 0) is 31.2 Å². The highest BCUT2D eigenvalue weighted by Gasteiger charge is 2.49. The Balaban J connectivity index is 1.74. The number of hydrogen-bond donors (Lipinski definition) is 1. The topological polar surface area (TPSA) is 69.7 Å². The van der Waals surface area contributed by atoms with Crippen molar-refractivity contribution in [1.82, 2.24) is 15.1 Å². The number of amides is 4. The van der Waals surface area contributed by atoms with Crippen LogP contribution in [-0.4, -0.2) is 47.3 Å². The summed E-state index contributed by atoms with van der Waals surface area (Å²) in [6.45, 7) is 4.98. The minimum atomic E-state index is -1.12. The summed E-state index contributed by atoms with van der Waals surface area (Å²) in [5.74, 6) is -0.0835. The number of urea groups is 1. The summed E-state index contributed by atoms with van der Waals surface area (Å²) in [7, 11) is 0. The molecule has 2 fully saturated rings. The van der Waals surface area contributed by atoms with Gasteiger partial charge in [-0.1, -0.05) is 37.3 Å². The molecule has 6 nitrogen and oxygen atoms in total. The minimum Gasteiger partial charge on any atom is -0.341 e. The second-order valence-electron chi connectivity index (χ2n) is 6.90. The predicted octanol–water partition coefficient (Wildman–Crippen LogP) is 1.71. The van der Waals surface area contributed by atoms with E-state index in [0.29, 0.717) is 24.6 Å². The van der Waals surface area contributed by atoms with E-state index < -0.39 is 11.6 Å². The average Bonchev–Trinajstić information content (AvgIpc) is 2.80. The number of benzene rings is 1. The van der Waals surface area contributed by atoms with Gasteiger partial charge in [-0.2, -0.15) is 0 Å². The quantitative estimate of drug-likeness (QED) is 0.858. The molecular weight excluding hydrogens is 306 g/mol. The number of carbonyl (C=O) groups is 3. The molecular formula is C18H23N3O3. The fraction of sp³-hybridized carbons (Fsp3) is 0.500. The lowest BCUT2D eigenvalue weighted by Gasteiger charge is -2.31. The van der Waals surface area contributed by atoms with Gasteiger partial charge < -0.3 is 10.2 Å². The van der Waals surface area contributed by atoms with E-state index >= 15 is 0 Å². The van der Waals surface area contributed by atoms with Crippen LogP contribution in [0.2, 0.25) is 0 Å². The Morgan fingerprint density at radius 2 is 2.00 bits per heavy atom. The van der Waals surface area contributed by atoms with E-state index in [2.05, 4.69) is 12.2 Å². The highest BCUT2D eigenvalue weighted by Crippen LogP contribution is 2.28. The Kier molecular flexibility index (Phi) is 4.30. The number of nitrogens with one attached hydrogen (secondary N) is 1. The standard InChI is InChI=1S/C18H23N3O3/c1-13-7-6-10-20(11-13)15(22)12-21-16(23)18(2,19-17(21)24)14-8-4-3-5-9-14/h3-5,8-9,13H,6-7,10-12H2,1-2H3,(H,19,24)/t13-,18+/m0/s1. The van der Waals surface area contributed by atoms with Crippen molar-refractivity contribution >= 4 is 17.8 Å². The van der Waals surface area contributed by atoms with E-state index in [4.69, 9.17) is 0 Å². The van der Waals surface area contributed by atoms with Gasteiger partial charge in [0.25, 0.3) is 5.91 Å². The molecule has 0 bridgehead atoms. The molecule has 0 saturated carbocycles. The summed E-state index contributed by atoms with van der Waals surface area (Å²) in [6, 6.07) is 8.59. The fourth-order valence-corrected chi connectivity index (χ4v) is 3.46. The van der Waals surface area contributed by atoms with Gasteiger partial charge in [0, 0.05) is 13.1 Å². The van der Waals surface area contributed by atoms with Crippen LogP contribution < -0.4 is 5.32 Å². The number of piperidine rings is 1. The van der Waals surface area contributed by atoms with E-state index in [1.165, 1.54) is 0 Å². The van der Waals surface area contributed by atoms with E-state index in [1.54, 1.807) is 24.0 Å². The summed E-state index contributed by atoms with van der Waals surface area (Å²) in [5, 5.41) is 2.73. The van der Waals surface area contributed by atoms with Crippen molar-refractivity contribution in [3.8, 4) is 0 Å². The molecule has 6 heteroatoms. The van der Waals surface area contributed by atoms with E-state index in [1.807, 2.05) is 18.2 Å². The molecule has 128 valence electrons. The maximum absolute atomic E-state index is 12.8.